The Kier molecular flexibility index (Phi) is 7.07. The third-order valence-corrected chi connectivity index (χ3v) is 3.50. The molecule has 2 aromatic rings. The zero-order chi connectivity index (χ0) is 20.7. The molecule has 7 nitrogen and oxygen atoms in total. The number of phenolic OH excluding ortho intramolecular Hbond substituents is 2. The van der Waals surface area contributed by atoms with Gasteiger partial charge < -0.3 is 30.1 Å². The Morgan fingerprint density at radius 2 is 1.79 bits per heavy atom. The zero-order valence-corrected chi connectivity index (χ0v) is 14.5. The number of halogens is 3. The monoisotopic (exact) mass is 401 g/mol. The molecule has 10 heteroatoms. The van der Waals surface area contributed by atoms with Gasteiger partial charge in [0.25, 0.3) is 0 Å². The van der Waals surface area contributed by atoms with Crippen LogP contribution in [0.15, 0.2) is 36.4 Å². The van der Waals surface area contributed by atoms with Crippen LogP contribution in [0.3, 0.4) is 0 Å². The fourth-order valence-electron chi connectivity index (χ4n) is 2.24. The van der Waals surface area contributed by atoms with Crippen LogP contribution < -0.4 is 5.32 Å². The molecule has 0 amide bonds. The van der Waals surface area contributed by atoms with Crippen LogP contribution in [-0.4, -0.2) is 47.7 Å². The van der Waals surface area contributed by atoms with Crippen molar-refractivity contribution in [1.29, 1.82) is 0 Å². The Morgan fingerprint density at radius 1 is 1.04 bits per heavy atom. The Bertz CT molecular complexity index is 825. The van der Waals surface area contributed by atoms with Crippen molar-refractivity contribution in [1.82, 2.24) is 0 Å². The van der Waals surface area contributed by atoms with Gasteiger partial charge in [0.1, 0.15) is 18.1 Å². The van der Waals surface area contributed by atoms with E-state index >= 15 is 0 Å². The summed E-state index contributed by atoms with van der Waals surface area (Å²) < 4.78 is 48.7. The van der Waals surface area contributed by atoms with E-state index in [0.29, 0.717) is 6.07 Å². The first-order chi connectivity index (χ1) is 13.2. The van der Waals surface area contributed by atoms with Crippen molar-refractivity contribution >= 4 is 17.3 Å². The number of phenols is 2. The van der Waals surface area contributed by atoms with Crippen molar-refractivity contribution < 1.29 is 42.8 Å². The number of aliphatic hydroxyl groups excluding tert-OH is 1. The average molecular weight is 401 g/mol. The highest BCUT2D eigenvalue weighted by molar-refractivity contribution is 5.97. The lowest BCUT2D eigenvalue weighted by atomic mass is 10.1. The highest BCUT2D eigenvalue weighted by atomic mass is 19.4. The molecule has 0 spiro atoms. The van der Waals surface area contributed by atoms with Crippen molar-refractivity contribution in [3.05, 3.63) is 47.5 Å². The lowest BCUT2D eigenvalue weighted by molar-refractivity contribution is -0.138. The number of aromatic hydroxyl groups is 2. The molecule has 28 heavy (non-hydrogen) atoms. The summed E-state index contributed by atoms with van der Waals surface area (Å²) in [4.78, 5) is 12.2. The van der Waals surface area contributed by atoms with Crippen LogP contribution >= 0.6 is 0 Å². The topological polar surface area (TPSA) is 108 Å². The molecule has 4 N–H and O–H groups in total. The second-order valence-electron chi connectivity index (χ2n) is 5.56. The second kappa shape index (κ2) is 9.29. The lowest BCUT2D eigenvalue weighted by Crippen LogP contribution is -2.13. The minimum Gasteiger partial charge on any atom is -0.508 e. The van der Waals surface area contributed by atoms with Crippen LogP contribution in [0.25, 0.3) is 0 Å². The number of nitrogens with one attached hydrogen (secondary N) is 1. The van der Waals surface area contributed by atoms with E-state index in [1.54, 1.807) is 0 Å². The molecular formula is C18H18F3NO6. The largest absolute Gasteiger partial charge is 0.508 e. The van der Waals surface area contributed by atoms with Crippen molar-refractivity contribution in [2.75, 3.05) is 31.7 Å². The quantitative estimate of drug-likeness (QED) is 0.306. The summed E-state index contributed by atoms with van der Waals surface area (Å²) in [7, 11) is 0. The highest BCUT2D eigenvalue weighted by Gasteiger charge is 2.34. The van der Waals surface area contributed by atoms with E-state index < -0.39 is 23.5 Å². The highest BCUT2D eigenvalue weighted by Crippen LogP contribution is 2.38. The number of aliphatic hydroxyl groups is 1. The number of rotatable bonds is 8. The van der Waals surface area contributed by atoms with Gasteiger partial charge in [-0.1, -0.05) is 0 Å². The third-order valence-electron chi connectivity index (χ3n) is 3.50. The molecule has 0 unspecified atom stereocenters. The Balaban J connectivity index is 2.19. The average Bonchev–Trinajstić information content (AvgIpc) is 2.63. The summed E-state index contributed by atoms with van der Waals surface area (Å²) in [6.07, 6.45) is -4.76. The molecule has 0 bridgehead atoms. The molecular weight excluding hydrogens is 383 g/mol. The van der Waals surface area contributed by atoms with Gasteiger partial charge in [0.15, 0.2) is 0 Å². The number of carbonyl (C=O) groups is 1. The lowest BCUT2D eigenvalue weighted by Gasteiger charge is -2.15. The van der Waals surface area contributed by atoms with E-state index in [1.807, 2.05) is 0 Å². The van der Waals surface area contributed by atoms with Gasteiger partial charge in [0.2, 0.25) is 0 Å². The molecule has 0 fully saturated rings. The maximum atomic E-state index is 12.9. The minimum absolute atomic E-state index is 0.0313. The van der Waals surface area contributed by atoms with Gasteiger partial charge in [-0.3, -0.25) is 0 Å². The summed E-state index contributed by atoms with van der Waals surface area (Å²) in [6, 6.07) is 6.42. The molecule has 0 saturated heterocycles. The Hall–Kier alpha value is -2.98. The molecule has 0 atom stereocenters. The minimum atomic E-state index is -4.76. The van der Waals surface area contributed by atoms with Gasteiger partial charge in [-0.25, -0.2) is 4.79 Å². The molecule has 0 aliphatic rings. The predicted octanol–water partition coefficient (Wildman–Crippen LogP) is 3.03. The standard InChI is InChI=1S/C18H18F3NO6/c19-18(20,21)14-9-11(1-4-16(14)25)22-15-3-2-12(24)10-13(15)17(26)28-8-7-27-6-5-23/h1-4,9-10,22-25H,5-8H2. The molecule has 0 aromatic heterocycles. The van der Waals surface area contributed by atoms with Crippen molar-refractivity contribution in [2.45, 2.75) is 6.18 Å². The summed E-state index contributed by atoms with van der Waals surface area (Å²) in [6.45, 7) is -0.174. The number of anilines is 2. The molecule has 152 valence electrons. The summed E-state index contributed by atoms with van der Waals surface area (Å²) in [5.41, 5.74) is -1.28. The Morgan fingerprint density at radius 3 is 2.46 bits per heavy atom. The van der Waals surface area contributed by atoms with Crippen LogP contribution in [0, 0.1) is 0 Å². The van der Waals surface area contributed by atoms with Gasteiger partial charge in [-0.05, 0) is 36.4 Å². The van der Waals surface area contributed by atoms with Crippen LogP contribution in [0.5, 0.6) is 11.5 Å². The number of benzene rings is 2. The maximum Gasteiger partial charge on any atom is 0.420 e. The van der Waals surface area contributed by atoms with Crippen molar-refractivity contribution in [3.63, 3.8) is 0 Å². The second-order valence-corrected chi connectivity index (χ2v) is 5.56. The first-order valence-corrected chi connectivity index (χ1v) is 8.08. The third kappa shape index (κ3) is 5.76. The van der Waals surface area contributed by atoms with Gasteiger partial charge in [-0.2, -0.15) is 13.2 Å². The maximum absolute atomic E-state index is 12.9. The van der Waals surface area contributed by atoms with Crippen LogP contribution in [0.4, 0.5) is 24.5 Å². The van der Waals surface area contributed by atoms with Crippen molar-refractivity contribution in [2.24, 2.45) is 0 Å². The number of carbonyl (C=O) groups excluding carboxylic acids is 1. The molecule has 0 saturated carbocycles. The molecule has 2 rings (SSSR count). The first kappa shape index (κ1) is 21.3. The van der Waals surface area contributed by atoms with E-state index in [4.69, 9.17) is 14.6 Å². The van der Waals surface area contributed by atoms with E-state index in [-0.39, 0.29) is 49.1 Å². The van der Waals surface area contributed by atoms with Crippen LogP contribution in [0.1, 0.15) is 15.9 Å². The van der Waals surface area contributed by atoms with Gasteiger partial charge in [-0.15, -0.1) is 0 Å². The zero-order valence-electron chi connectivity index (χ0n) is 14.5. The number of hydrogen-bond acceptors (Lipinski definition) is 7. The number of hydrogen-bond donors (Lipinski definition) is 4. The molecule has 2 aromatic carbocycles. The number of alkyl halides is 3. The fourth-order valence-corrected chi connectivity index (χ4v) is 2.24. The summed E-state index contributed by atoms with van der Waals surface area (Å²) in [5.74, 6) is -2.00. The molecule has 0 aliphatic heterocycles. The normalized spacial score (nSPS) is 11.3. The molecule has 0 aliphatic carbocycles. The van der Waals surface area contributed by atoms with Gasteiger partial charge in [0.05, 0.1) is 36.6 Å². The van der Waals surface area contributed by atoms with Gasteiger partial charge in [0, 0.05) is 5.69 Å². The van der Waals surface area contributed by atoms with E-state index in [2.05, 4.69) is 5.32 Å². The molecule has 0 radical (unpaired) electrons. The molecule has 0 heterocycles. The smallest absolute Gasteiger partial charge is 0.420 e. The number of esters is 1. The van der Waals surface area contributed by atoms with Crippen molar-refractivity contribution in [3.8, 4) is 11.5 Å². The Labute approximate surface area is 157 Å². The SMILES string of the molecule is O=C(OCCOCCO)c1cc(O)ccc1Nc1ccc(O)c(C(F)(F)F)c1. The number of ether oxygens (including phenoxy) is 2. The van der Waals surface area contributed by atoms with E-state index in [9.17, 15) is 28.2 Å². The van der Waals surface area contributed by atoms with Crippen LogP contribution in [-0.2, 0) is 15.7 Å². The van der Waals surface area contributed by atoms with E-state index in [0.717, 1.165) is 12.1 Å². The van der Waals surface area contributed by atoms with E-state index in [1.165, 1.54) is 18.2 Å². The predicted molar refractivity (Wildman–Crippen MR) is 92.7 cm³/mol. The van der Waals surface area contributed by atoms with Gasteiger partial charge >= 0.3 is 12.1 Å². The first-order valence-electron chi connectivity index (χ1n) is 8.08. The fraction of sp³-hybridized carbons (Fsp3) is 0.278. The van der Waals surface area contributed by atoms with Crippen LogP contribution in [0.2, 0.25) is 0 Å². The summed E-state index contributed by atoms with van der Waals surface area (Å²) in [5, 5.41) is 30.2. The summed E-state index contributed by atoms with van der Waals surface area (Å²) >= 11 is 0.